The summed E-state index contributed by atoms with van der Waals surface area (Å²) in [5, 5.41) is 0. The van der Waals surface area contributed by atoms with E-state index in [4.69, 9.17) is 5.84 Å². The average molecular weight is 266 g/mol. The molecule has 0 atom stereocenters. The summed E-state index contributed by atoms with van der Waals surface area (Å²) in [6.07, 6.45) is 0. The molecule has 0 bridgehead atoms. The van der Waals surface area contributed by atoms with Crippen molar-refractivity contribution in [2.75, 3.05) is 5.43 Å². The highest BCUT2D eigenvalue weighted by Gasteiger charge is 1.94. The number of hydrogen-bond acceptors (Lipinski definition) is 3. The Labute approximate surface area is 78.7 Å². The molecule has 0 fully saturated rings. The van der Waals surface area contributed by atoms with Gasteiger partial charge >= 0.3 is 0 Å². The van der Waals surface area contributed by atoms with Gasteiger partial charge in [-0.3, -0.25) is 5.84 Å². The minimum absolute atomic E-state index is 0.905. The lowest BCUT2D eigenvalue weighted by Gasteiger charge is -2.00. The molecule has 1 aromatic carbocycles. The van der Waals surface area contributed by atoms with Crippen molar-refractivity contribution in [3.05, 3.63) is 21.8 Å². The summed E-state index contributed by atoms with van der Waals surface area (Å²) in [7, 11) is 0. The van der Waals surface area contributed by atoms with E-state index in [-0.39, 0.29) is 0 Å². The first-order valence-electron chi connectivity index (χ1n) is 2.69. The molecule has 0 unspecified atom stereocenters. The van der Waals surface area contributed by atoms with Crippen LogP contribution in [-0.2, 0) is 0 Å². The fraction of sp³-hybridized carbons (Fsp3) is 0. The summed E-state index contributed by atoms with van der Waals surface area (Å²) < 4.78 is 1.09. The molecule has 0 aliphatic carbocycles. The van der Waals surface area contributed by atoms with E-state index in [0.29, 0.717) is 0 Å². The number of thiol groups is 1. The Hall–Kier alpha value is 0.0600. The van der Waals surface area contributed by atoms with Crippen molar-refractivity contribution in [3.8, 4) is 0 Å². The number of hydrazine groups is 1. The summed E-state index contributed by atoms with van der Waals surface area (Å²) in [5.41, 5.74) is 3.46. The Bertz CT molecular complexity index is 239. The number of nitrogens with two attached hydrogens (primary N) is 1. The second kappa shape index (κ2) is 3.45. The van der Waals surface area contributed by atoms with Crippen molar-refractivity contribution in [1.82, 2.24) is 0 Å². The predicted octanol–water partition coefficient (Wildman–Crippen LogP) is 1.87. The van der Waals surface area contributed by atoms with E-state index < -0.39 is 0 Å². The SMILES string of the molecule is NNc1ccc(S)c(I)c1. The van der Waals surface area contributed by atoms with E-state index >= 15 is 0 Å². The van der Waals surface area contributed by atoms with Gasteiger partial charge in [0, 0.05) is 14.2 Å². The Balaban J connectivity index is 3.04. The maximum Gasteiger partial charge on any atom is 0.0496 e. The van der Waals surface area contributed by atoms with Crippen LogP contribution in [0.25, 0.3) is 0 Å². The number of hydrogen-bond donors (Lipinski definition) is 3. The highest BCUT2D eigenvalue weighted by Crippen LogP contribution is 2.19. The lowest BCUT2D eigenvalue weighted by atomic mass is 10.3. The Morgan fingerprint density at radius 2 is 2.20 bits per heavy atom. The van der Waals surface area contributed by atoms with Crippen LogP contribution in [-0.4, -0.2) is 0 Å². The maximum absolute atomic E-state index is 5.19. The van der Waals surface area contributed by atoms with E-state index in [1.54, 1.807) is 0 Å². The highest BCUT2D eigenvalue weighted by molar-refractivity contribution is 14.1. The molecule has 0 aliphatic heterocycles. The largest absolute Gasteiger partial charge is 0.324 e. The summed E-state index contributed by atoms with van der Waals surface area (Å²) in [6, 6.07) is 5.72. The predicted molar refractivity (Wildman–Crippen MR) is 54.2 cm³/mol. The molecule has 0 amide bonds. The molecule has 2 nitrogen and oxygen atoms in total. The van der Waals surface area contributed by atoms with Gasteiger partial charge in [0.2, 0.25) is 0 Å². The van der Waals surface area contributed by atoms with Crippen LogP contribution in [0.2, 0.25) is 0 Å². The van der Waals surface area contributed by atoms with Gasteiger partial charge in [-0.25, -0.2) is 0 Å². The topological polar surface area (TPSA) is 38.0 Å². The van der Waals surface area contributed by atoms with Gasteiger partial charge in [-0.05, 0) is 40.8 Å². The van der Waals surface area contributed by atoms with Crippen LogP contribution in [0.15, 0.2) is 23.1 Å². The smallest absolute Gasteiger partial charge is 0.0496 e. The van der Waals surface area contributed by atoms with Crippen LogP contribution in [0.3, 0.4) is 0 Å². The third kappa shape index (κ3) is 1.77. The zero-order valence-electron chi connectivity index (χ0n) is 5.13. The zero-order valence-corrected chi connectivity index (χ0v) is 8.19. The van der Waals surface area contributed by atoms with Crippen molar-refractivity contribution in [3.63, 3.8) is 0 Å². The first kappa shape index (κ1) is 8.16. The molecule has 0 spiro atoms. The van der Waals surface area contributed by atoms with Crippen molar-refractivity contribution in [1.29, 1.82) is 0 Å². The number of halogens is 1. The zero-order chi connectivity index (χ0) is 7.56. The fourth-order valence-corrected chi connectivity index (χ4v) is 1.25. The van der Waals surface area contributed by atoms with Crippen LogP contribution in [0.5, 0.6) is 0 Å². The van der Waals surface area contributed by atoms with E-state index in [2.05, 4.69) is 40.6 Å². The second-order valence-corrected chi connectivity index (χ2v) is 3.45. The van der Waals surface area contributed by atoms with Crippen LogP contribution in [0.4, 0.5) is 5.69 Å². The molecule has 10 heavy (non-hydrogen) atoms. The molecule has 0 radical (unpaired) electrons. The molecule has 0 saturated carbocycles. The molecule has 1 rings (SSSR count). The van der Waals surface area contributed by atoms with Gasteiger partial charge in [0.15, 0.2) is 0 Å². The number of nitrogens with one attached hydrogen (secondary N) is 1. The first-order chi connectivity index (χ1) is 4.74. The molecule has 0 aliphatic rings. The molecular formula is C6H7IN2S. The molecule has 0 saturated heterocycles. The third-order valence-electron chi connectivity index (χ3n) is 1.11. The lowest BCUT2D eigenvalue weighted by Crippen LogP contribution is -2.06. The van der Waals surface area contributed by atoms with Crippen LogP contribution in [0, 0.1) is 3.57 Å². The average Bonchev–Trinajstić information content (AvgIpc) is 1.95. The van der Waals surface area contributed by atoms with Gasteiger partial charge in [-0.1, -0.05) is 0 Å². The fourth-order valence-electron chi connectivity index (χ4n) is 0.597. The highest BCUT2D eigenvalue weighted by atomic mass is 127. The summed E-state index contributed by atoms with van der Waals surface area (Å²) in [4.78, 5) is 0.972. The molecule has 0 heterocycles. The van der Waals surface area contributed by atoms with E-state index in [0.717, 1.165) is 14.2 Å². The van der Waals surface area contributed by atoms with Crippen molar-refractivity contribution in [2.24, 2.45) is 5.84 Å². The normalized spacial score (nSPS) is 9.50. The minimum Gasteiger partial charge on any atom is -0.324 e. The summed E-state index contributed by atoms with van der Waals surface area (Å²) in [5.74, 6) is 5.19. The molecule has 0 aromatic heterocycles. The first-order valence-corrected chi connectivity index (χ1v) is 4.22. The van der Waals surface area contributed by atoms with Crippen LogP contribution < -0.4 is 11.3 Å². The van der Waals surface area contributed by atoms with E-state index in [9.17, 15) is 0 Å². The standard InChI is InChI=1S/C6H7IN2S/c7-5-3-4(9-8)1-2-6(5)10/h1-3,9-10H,8H2. The lowest BCUT2D eigenvalue weighted by molar-refractivity contribution is 1.31. The van der Waals surface area contributed by atoms with Crippen LogP contribution in [0.1, 0.15) is 0 Å². The molecule has 4 heteroatoms. The Kier molecular flexibility index (Phi) is 2.82. The molecule has 3 N–H and O–H groups in total. The van der Waals surface area contributed by atoms with Gasteiger partial charge < -0.3 is 5.43 Å². The number of benzene rings is 1. The van der Waals surface area contributed by atoms with Crippen molar-refractivity contribution < 1.29 is 0 Å². The van der Waals surface area contributed by atoms with E-state index in [1.807, 2.05) is 18.2 Å². The summed E-state index contributed by atoms with van der Waals surface area (Å²) >= 11 is 6.41. The minimum atomic E-state index is 0.905. The number of anilines is 1. The quantitative estimate of drug-likeness (QED) is 0.314. The number of nitrogen functional groups attached to an aromatic ring is 1. The maximum atomic E-state index is 5.19. The molecule has 54 valence electrons. The van der Waals surface area contributed by atoms with Crippen LogP contribution >= 0.6 is 35.2 Å². The van der Waals surface area contributed by atoms with Gasteiger partial charge in [-0.2, -0.15) is 0 Å². The van der Waals surface area contributed by atoms with Gasteiger partial charge in [-0.15, -0.1) is 12.6 Å². The molecular weight excluding hydrogens is 259 g/mol. The van der Waals surface area contributed by atoms with Crippen molar-refractivity contribution >= 4 is 40.9 Å². The third-order valence-corrected chi connectivity index (χ3v) is 2.82. The number of rotatable bonds is 1. The van der Waals surface area contributed by atoms with Gasteiger partial charge in [0.1, 0.15) is 0 Å². The Morgan fingerprint density at radius 3 is 2.70 bits per heavy atom. The van der Waals surface area contributed by atoms with E-state index in [1.165, 1.54) is 0 Å². The summed E-state index contributed by atoms with van der Waals surface area (Å²) in [6.45, 7) is 0. The van der Waals surface area contributed by atoms with Crippen molar-refractivity contribution in [2.45, 2.75) is 4.90 Å². The monoisotopic (exact) mass is 266 g/mol. The van der Waals surface area contributed by atoms with Gasteiger partial charge in [0.05, 0.1) is 0 Å². The Morgan fingerprint density at radius 1 is 1.50 bits per heavy atom. The second-order valence-electron chi connectivity index (χ2n) is 1.81. The van der Waals surface area contributed by atoms with Gasteiger partial charge in [0.25, 0.3) is 0 Å². The molecule has 1 aromatic rings.